The molecule has 0 atom stereocenters. The Morgan fingerprint density at radius 2 is 1.85 bits per heavy atom. The summed E-state index contributed by atoms with van der Waals surface area (Å²) in [6.45, 7) is 10.5. The molecule has 0 aliphatic carbocycles. The zero-order chi connectivity index (χ0) is 19.6. The second kappa shape index (κ2) is 7.92. The van der Waals surface area contributed by atoms with Crippen LogP contribution in [0.15, 0.2) is 24.3 Å². The molecular formula is C20H24N4O2S. The average Bonchev–Trinajstić information content (AvgIpc) is 3.10. The lowest BCUT2D eigenvalue weighted by molar-refractivity contribution is -0.115. The maximum absolute atomic E-state index is 12.5. The van der Waals surface area contributed by atoms with Gasteiger partial charge in [0.1, 0.15) is 5.75 Å². The number of ether oxygens (including phenoxy) is 1. The Morgan fingerprint density at radius 3 is 2.44 bits per heavy atom. The Morgan fingerprint density at radius 1 is 1.15 bits per heavy atom. The molecule has 0 spiro atoms. The molecule has 0 saturated heterocycles. The van der Waals surface area contributed by atoms with E-state index in [1.807, 2.05) is 63.6 Å². The molecule has 0 aliphatic rings. The van der Waals surface area contributed by atoms with Crippen LogP contribution in [0, 0.1) is 27.7 Å². The van der Waals surface area contributed by atoms with Gasteiger partial charge in [-0.1, -0.05) is 11.3 Å². The van der Waals surface area contributed by atoms with Gasteiger partial charge in [-0.2, -0.15) is 5.10 Å². The quantitative estimate of drug-likeness (QED) is 0.693. The second-order valence-electron chi connectivity index (χ2n) is 6.38. The van der Waals surface area contributed by atoms with Crippen LogP contribution >= 0.6 is 11.3 Å². The fraction of sp³-hybridized carbons (Fsp3) is 0.350. The molecule has 1 N–H and O–H groups in total. The Kier molecular flexibility index (Phi) is 5.60. The molecule has 0 aliphatic heterocycles. The van der Waals surface area contributed by atoms with Crippen LogP contribution in [0.25, 0.3) is 5.13 Å². The first-order chi connectivity index (χ1) is 12.9. The van der Waals surface area contributed by atoms with Crippen LogP contribution in [0.5, 0.6) is 5.75 Å². The number of amides is 1. The van der Waals surface area contributed by atoms with E-state index < -0.39 is 0 Å². The smallest absolute Gasteiger partial charge is 0.228 e. The standard InChI is InChI=1S/C20H24N4O2S/c1-6-26-17-9-7-16(8-10-17)22-19(25)11-18-13(3)23-24(14(18)4)20-21-12(2)15(5)27-20/h7-10H,6,11H2,1-5H3,(H,22,25). The number of nitrogens with one attached hydrogen (secondary N) is 1. The fourth-order valence-corrected chi connectivity index (χ4v) is 3.74. The number of hydrogen-bond donors (Lipinski definition) is 1. The molecule has 7 heteroatoms. The van der Waals surface area contributed by atoms with Gasteiger partial charge >= 0.3 is 0 Å². The molecule has 0 saturated carbocycles. The van der Waals surface area contributed by atoms with Gasteiger partial charge in [0.2, 0.25) is 11.0 Å². The van der Waals surface area contributed by atoms with Crippen LogP contribution in [-0.2, 0) is 11.2 Å². The lowest BCUT2D eigenvalue weighted by Crippen LogP contribution is -2.15. The van der Waals surface area contributed by atoms with Crippen LogP contribution in [0.3, 0.4) is 0 Å². The molecule has 0 fully saturated rings. The van der Waals surface area contributed by atoms with Crippen LogP contribution in [0.1, 0.15) is 34.4 Å². The summed E-state index contributed by atoms with van der Waals surface area (Å²) in [6, 6.07) is 7.38. The van der Waals surface area contributed by atoms with Gasteiger partial charge in [-0.3, -0.25) is 4.79 Å². The predicted octanol–water partition coefficient (Wildman–Crippen LogP) is 4.14. The van der Waals surface area contributed by atoms with Crippen molar-refractivity contribution in [3.8, 4) is 10.9 Å². The molecule has 1 aromatic carbocycles. The predicted molar refractivity (Wildman–Crippen MR) is 108 cm³/mol. The van der Waals surface area contributed by atoms with Crippen molar-refractivity contribution in [3.05, 3.63) is 51.8 Å². The highest BCUT2D eigenvalue weighted by Crippen LogP contribution is 2.24. The van der Waals surface area contributed by atoms with E-state index in [0.29, 0.717) is 6.61 Å². The lowest BCUT2D eigenvalue weighted by Gasteiger charge is -2.07. The molecule has 2 heterocycles. The van der Waals surface area contributed by atoms with Gasteiger partial charge in [0, 0.05) is 21.8 Å². The molecule has 6 nitrogen and oxygen atoms in total. The van der Waals surface area contributed by atoms with Crippen molar-refractivity contribution >= 4 is 22.9 Å². The first-order valence-corrected chi connectivity index (χ1v) is 9.73. The van der Waals surface area contributed by atoms with Gasteiger partial charge in [-0.05, 0) is 58.9 Å². The minimum atomic E-state index is -0.0728. The third kappa shape index (κ3) is 4.19. The Bertz CT molecular complexity index is 938. The van der Waals surface area contributed by atoms with Crippen molar-refractivity contribution in [1.29, 1.82) is 0 Å². The van der Waals surface area contributed by atoms with Crippen molar-refractivity contribution < 1.29 is 9.53 Å². The zero-order valence-corrected chi connectivity index (χ0v) is 17.1. The number of nitrogens with zero attached hydrogens (tertiary/aromatic N) is 3. The minimum absolute atomic E-state index is 0.0728. The van der Waals surface area contributed by atoms with Crippen LogP contribution in [0.2, 0.25) is 0 Å². The number of aromatic nitrogens is 3. The van der Waals surface area contributed by atoms with Crippen molar-refractivity contribution in [1.82, 2.24) is 14.8 Å². The first-order valence-electron chi connectivity index (χ1n) is 8.91. The van der Waals surface area contributed by atoms with E-state index in [0.717, 1.165) is 39.2 Å². The highest BCUT2D eigenvalue weighted by atomic mass is 32.1. The van der Waals surface area contributed by atoms with Crippen molar-refractivity contribution in [2.24, 2.45) is 0 Å². The number of hydrogen-bond acceptors (Lipinski definition) is 5. The van der Waals surface area contributed by atoms with E-state index in [9.17, 15) is 4.79 Å². The molecule has 0 radical (unpaired) electrons. The third-order valence-corrected chi connectivity index (χ3v) is 5.47. The summed E-state index contributed by atoms with van der Waals surface area (Å²) >= 11 is 1.61. The molecule has 3 rings (SSSR count). The average molecular weight is 385 g/mol. The van der Waals surface area contributed by atoms with Crippen molar-refractivity contribution in [2.45, 2.75) is 41.0 Å². The van der Waals surface area contributed by atoms with Crippen molar-refractivity contribution in [2.75, 3.05) is 11.9 Å². The maximum Gasteiger partial charge on any atom is 0.228 e. The Labute approximate surface area is 163 Å². The van der Waals surface area contributed by atoms with Crippen molar-refractivity contribution in [3.63, 3.8) is 0 Å². The molecule has 2 aromatic heterocycles. The van der Waals surface area contributed by atoms with E-state index in [2.05, 4.69) is 15.4 Å². The molecule has 3 aromatic rings. The summed E-state index contributed by atoms with van der Waals surface area (Å²) in [5.74, 6) is 0.717. The zero-order valence-electron chi connectivity index (χ0n) is 16.3. The number of thiazole rings is 1. The molecular weight excluding hydrogens is 360 g/mol. The molecule has 27 heavy (non-hydrogen) atoms. The third-order valence-electron chi connectivity index (χ3n) is 4.43. The number of carbonyl (C=O) groups is 1. The van der Waals surface area contributed by atoms with Gasteiger partial charge < -0.3 is 10.1 Å². The van der Waals surface area contributed by atoms with E-state index in [1.54, 1.807) is 11.3 Å². The van der Waals surface area contributed by atoms with Gasteiger partial charge in [0.05, 0.1) is 24.4 Å². The van der Waals surface area contributed by atoms with E-state index in [4.69, 9.17) is 4.74 Å². The number of carbonyl (C=O) groups excluding carboxylic acids is 1. The maximum atomic E-state index is 12.5. The lowest BCUT2D eigenvalue weighted by atomic mass is 10.1. The van der Waals surface area contributed by atoms with Crippen LogP contribution < -0.4 is 10.1 Å². The summed E-state index contributed by atoms with van der Waals surface area (Å²) in [7, 11) is 0. The monoisotopic (exact) mass is 384 g/mol. The Hall–Kier alpha value is -2.67. The first kappa shape index (κ1) is 19.1. The molecule has 0 bridgehead atoms. The van der Waals surface area contributed by atoms with E-state index in [1.165, 1.54) is 4.88 Å². The Balaban J connectivity index is 1.74. The number of aryl methyl sites for hydroxylation is 3. The summed E-state index contributed by atoms with van der Waals surface area (Å²) in [6.07, 6.45) is 0.272. The molecule has 1 amide bonds. The van der Waals surface area contributed by atoms with E-state index in [-0.39, 0.29) is 12.3 Å². The highest BCUT2D eigenvalue weighted by molar-refractivity contribution is 7.14. The molecule has 0 unspecified atom stereocenters. The minimum Gasteiger partial charge on any atom is -0.494 e. The van der Waals surface area contributed by atoms with Gasteiger partial charge in [0.25, 0.3) is 0 Å². The topological polar surface area (TPSA) is 69.0 Å². The summed E-state index contributed by atoms with van der Waals surface area (Å²) in [4.78, 5) is 18.3. The van der Waals surface area contributed by atoms with Crippen LogP contribution in [-0.4, -0.2) is 27.3 Å². The van der Waals surface area contributed by atoms with Crippen LogP contribution in [0.4, 0.5) is 5.69 Å². The highest BCUT2D eigenvalue weighted by Gasteiger charge is 2.18. The summed E-state index contributed by atoms with van der Waals surface area (Å²) in [5.41, 5.74) is 4.49. The van der Waals surface area contributed by atoms with Gasteiger partial charge in [-0.25, -0.2) is 9.67 Å². The second-order valence-corrected chi connectivity index (χ2v) is 7.56. The van der Waals surface area contributed by atoms with E-state index >= 15 is 0 Å². The summed E-state index contributed by atoms with van der Waals surface area (Å²) < 4.78 is 7.25. The van der Waals surface area contributed by atoms with Gasteiger partial charge in [-0.15, -0.1) is 0 Å². The largest absolute Gasteiger partial charge is 0.494 e. The fourth-order valence-electron chi connectivity index (χ4n) is 2.83. The SMILES string of the molecule is CCOc1ccc(NC(=O)Cc2c(C)nn(-c3nc(C)c(C)s3)c2C)cc1. The summed E-state index contributed by atoms with van der Waals surface area (Å²) in [5, 5.41) is 8.36. The van der Waals surface area contributed by atoms with Gasteiger partial charge in [0.15, 0.2) is 0 Å². The number of benzene rings is 1. The number of anilines is 1. The molecule has 142 valence electrons. The number of rotatable bonds is 6. The normalized spacial score (nSPS) is 10.9.